The highest BCUT2D eigenvalue weighted by Gasteiger charge is 2.08. The Morgan fingerprint density at radius 2 is 2.16 bits per heavy atom. The number of benzene rings is 1. The molecule has 0 spiro atoms. The number of nitriles is 1. The van der Waals surface area contributed by atoms with Gasteiger partial charge in [0.15, 0.2) is 0 Å². The topological polar surface area (TPSA) is 80.8 Å². The number of aromatic nitrogens is 3. The first-order chi connectivity index (χ1) is 9.24. The number of rotatable bonds is 3. The Labute approximate surface area is 109 Å². The van der Waals surface area contributed by atoms with Gasteiger partial charge in [0.1, 0.15) is 12.7 Å². The fraction of sp³-hybridized carbons (Fsp3) is 0.0769. The van der Waals surface area contributed by atoms with Gasteiger partial charge in [-0.25, -0.2) is 14.5 Å². The lowest BCUT2D eigenvalue weighted by molar-refractivity contribution is -0.134. The molecule has 2 rings (SSSR count). The van der Waals surface area contributed by atoms with Crippen LogP contribution in [0.25, 0.3) is 5.70 Å². The summed E-state index contributed by atoms with van der Waals surface area (Å²) in [4.78, 5) is 15.2. The van der Waals surface area contributed by atoms with Crippen LogP contribution >= 0.6 is 0 Å². The summed E-state index contributed by atoms with van der Waals surface area (Å²) < 4.78 is 6.07. The molecular formula is C13H10N4O2. The van der Waals surface area contributed by atoms with E-state index in [4.69, 9.17) is 5.26 Å². The molecule has 0 saturated heterocycles. The summed E-state index contributed by atoms with van der Waals surface area (Å²) in [5.41, 5.74) is 1.79. The molecule has 0 fully saturated rings. The van der Waals surface area contributed by atoms with E-state index in [2.05, 4.69) is 14.8 Å². The van der Waals surface area contributed by atoms with Gasteiger partial charge in [0.05, 0.1) is 24.4 Å². The number of hydrogen-bond acceptors (Lipinski definition) is 5. The standard InChI is InChI=1S/C13H10N4O2/c1-19-13(18)6-12(17-9-15-8-16-17)11-4-2-10(7-14)3-5-11/h2-6,8-9H,1H3/b12-6+. The van der Waals surface area contributed by atoms with Crippen molar-refractivity contribution in [3.05, 3.63) is 54.1 Å². The van der Waals surface area contributed by atoms with Crippen LogP contribution in [0.15, 0.2) is 43.0 Å². The minimum atomic E-state index is -0.491. The van der Waals surface area contributed by atoms with Crippen molar-refractivity contribution >= 4 is 11.7 Å². The second-order valence-corrected chi connectivity index (χ2v) is 3.58. The average Bonchev–Trinajstić information content (AvgIpc) is 2.98. The molecule has 0 aliphatic rings. The van der Waals surface area contributed by atoms with E-state index in [1.54, 1.807) is 24.3 Å². The molecule has 6 heteroatoms. The lowest BCUT2D eigenvalue weighted by Gasteiger charge is -2.07. The predicted molar refractivity (Wildman–Crippen MR) is 66.6 cm³/mol. The van der Waals surface area contributed by atoms with Gasteiger partial charge in [0.2, 0.25) is 0 Å². The fourth-order valence-corrected chi connectivity index (χ4v) is 1.50. The van der Waals surface area contributed by atoms with E-state index in [0.29, 0.717) is 11.3 Å². The summed E-state index contributed by atoms with van der Waals surface area (Å²) in [5.74, 6) is -0.491. The summed E-state index contributed by atoms with van der Waals surface area (Å²) in [5, 5.41) is 12.8. The first-order valence-electron chi connectivity index (χ1n) is 5.40. The highest BCUT2D eigenvalue weighted by Crippen LogP contribution is 2.16. The van der Waals surface area contributed by atoms with Gasteiger partial charge >= 0.3 is 5.97 Å². The molecule has 0 bridgehead atoms. The van der Waals surface area contributed by atoms with Crippen LogP contribution < -0.4 is 0 Å². The van der Waals surface area contributed by atoms with Gasteiger partial charge in [0.25, 0.3) is 0 Å². The van der Waals surface area contributed by atoms with E-state index in [1.807, 2.05) is 6.07 Å². The van der Waals surface area contributed by atoms with Crippen molar-refractivity contribution in [2.75, 3.05) is 7.11 Å². The summed E-state index contributed by atoms with van der Waals surface area (Å²) >= 11 is 0. The van der Waals surface area contributed by atoms with Gasteiger partial charge in [0, 0.05) is 11.6 Å². The van der Waals surface area contributed by atoms with Crippen molar-refractivity contribution in [1.29, 1.82) is 5.26 Å². The van der Waals surface area contributed by atoms with E-state index in [0.717, 1.165) is 5.56 Å². The molecule has 1 aromatic carbocycles. The van der Waals surface area contributed by atoms with E-state index < -0.39 is 5.97 Å². The molecule has 2 aromatic rings. The highest BCUT2D eigenvalue weighted by atomic mass is 16.5. The fourth-order valence-electron chi connectivity index (χ4n) is 1.50. The second-order valence-electron chi connectivity index (χ2n) is 3.58. The van der Waals surface area contributed by atoms with Crippen LogP contribution in [0.3, 0.4) is 0 Å². The molecule has 1 aromatic heterocycles. The van der Waals surface area contributed by atoms with Crippen LogP contribution in [-0.4, -0.2) is 27.8 Å². The maximum absolute atomic E-state index is 11.4. The van der Waals surface area contributed by atoms with Gasteiger partial charge in [-0.1, -0.05) is 12.1 Å². The molecule has 6 nitrogen and oxygen atoms in total. The van der Waals surface area contributed by atoms with Gasteiger partial charge in [-0.15, -0.1) is 0 Å². The SMILES string of the molecule is COC(=O)/C=C(\c1ccc(C#N)cc1)n1cncn1. The molecule has 0 amide bonds. The van der Waals surface area contributed by atoms with Crippen LogP contribution in [0, 0.1) is 11.3 Å². The lowest BCUT2D eigenvalue weighted by Crippen LogP contribution is -2.04. The molecule has 0 atom stereocenters. The Morgan fingerprint density at radius 3 is 2.68 bits per heavy atom. The van der Waals surface area contributed by atoms with Gasteiger partial charge in [-0.05, 0) is 12.1 Å². The average molecular weight is 254 g/mol. The van der Waals surface area contributed by atoms with Crippen molar-refractivity contribution in [3.8, 4) is 6.07 Å². The lowest BCUT2D eigenvalue weighted by atomic mass is 10.1. The van der Waals surface area contributed by atoms with E-state index in [-0.39, 0.29) is 0 Å². The molecule has 0 unspecified atom stereocenters. The van der Waals surface area contributed by atoms with Crippen LogP contribution in [0.2, 0.25) is 0 Å². The molecule has 0 aliphatic carbocycles. The zero-order valence-corrected chi connectivity index (χ0v) is 10.1. The van der Waals surface area contributed by atoms with Crippen LogP contribution in [0.5, 0.6) is 0 Å². The first kappa shape index (κ1) is 12.5. The zero-order valence-electron chi connectivity index (χ0n) is 10.1. The first-order valence-corrected chi connectivity index (χ1v) is 5.40. The van der Waals surface area contributed by atoms with Crippen molar-refractivity contribution in [1.82, 2.24) is 14.8 Å². The molecule has 0 N–H and O–H groups in total. The molecule has 1 heterocycles. The molecule has 0 radical (unpaired) electrons. The number of methoxy groups -OCH3 is 1. The Bertz CT molecular complexity index is 636. The van der Waals surface area contributed by atoms with Crippen molar-refractivity contribution in [3.63, 3.8) is 0 Å². The van der Waals surface area contributed by atoms with Crippen LogP contribution in [-0.2, 0) is 9.53 Å². The quantitative estimate of drug-likeness (QED) is 0.607. The molecule has 19 heavy (non-hydrogen) atoms. The minimum Gasteiger partial charge on any atom is -0.466 e. The Hall–Kier alpha value is -2.94. The van der Waals surface area contributed by atoms with Crippen molar-refractivity contribution in [2.24, 2.45) is 0 Å². The summed E-state index contributed by atoms with van der Waals surface area (Å²) in [7, 11) is 1.30. The van der Waals surface area contributed by atoms with E-state index >= 15 is 0 Å². The summed E-state index contributed by atoms with van der Waals surface area (Å²) in [6.45, 7) is 0. The number of ether oxygens (including phenoxy) is 1. The number of carbonyl (C=O) groups is 1. The largest absolute Gasteiger partial charge is 0.466 e. The maximum Gasteiger partial charge on any atom is 0.332 e. The summed E-state index contributed by atoms with van der Waals surface area (Å²) in [6.07, 6.45) is 4.16. The normalized spacial score (nSPS) is 10.8. The molecule has 0 aliphatic heterocycles. The van der Waals surface area contributed by atoms with Crippen LogP contribution in [0.4, 0.5) is 0 Å². The molecule has 0 saturated carbocycles. The third-order valence-corrected chi connectivity index (χ3v) is 2.43. The van der Waals surface area contributed by atoms with E-state index in [9.17, 15) is 4.79 Å². The van der Waals surface area contributed by atoms with Gasteiger partial charge < -0.3 is 4.74 Å². The third-order valence-electron chi connectivity index (χ3n) is 2.43. The number of hydrogen-bond donors (Lipinski definition) is 0. The van der Waals surface area contributed by atoms with Crippen molar-refractivity contribution < 1.29 is 9.53 Å². The van der Waals surface area contributed by atoms with Gasteiger partial charge in [-0.2, -0.15) is 10.4 Å². The second kappa shape index (κ2) is 5.60. The zero-order chi connectivity index (χ0) is 13.7. The summed E-state index contributed by atoms with van der Waals surface area (Å²) in [6, 6.07) is 8.82. The Kier molecular flexibility index (Phi) is 3.69. The number of carbonyl (C=O) groups excluding carboxylic acids is 1. The predicted octanol–water partition coefficient (Wildman–Crippen LogP) is 1.21. The number of nitrogens with zero attached hydrogens (tertiary/aromatic N) is 4. The molecule has 94 valence electrons. The smallest absolute Gasteiger partial charge is 0.332 e. The monoisotopic (exact) mass is 254 g/mol. The Morgan fingerprint density at radius 1 is 1.42 bits per heavy atom. The third kappa shape index (κ3) is 2.84. The number of esters is 1. The molecular weight excluding hydrogens is 244 g/mol. The minimum absolute atomic E-state index is 0.491. The Balaban J connectivity index is 2.46. The van der Waals surface area contributed by atoms with Crippen molar-refractivity contribution in [2.45, 2.75) is 0 Å². The highest BCUT2D eigenvalue weighted by molar-refractivity contribution is 5.91. The maximum atomic E-state index is 11.4. The van der Waals surface area contributed by atoms with Crippen LogP contribution in [0.1, 0.15) is 11.1 Å². The van der Waals surface area contributed by atoms with Gasteiger partial charge in [-0.3, -0.25) is 0 Å². The van der Waals surface area contributed by atoms with E-state index in [1.165, 1.54) is 30.5 Å².